The zero-order valence-corrected chi connectivity index (χ0v) is 11.3. The Bertz CT molecular complexity index is 346. The van der Waals surface area contributed by atoms with Gasteiger partial charge in [0.05, 0.1) is 0 Å². The molecule has 0 radical (unpaired) electrons. The summed E-state index contributed by atoms with van der Waals surface area (Å²) in [6.07, 6.45) is 1.28. The first-order valence-electron chi connectivity index (χ1n) is 5.79. The van der Waals surface area contributed by atoms with Crippen molar-refractivity contribution >= 4 is 29.1 Å². The van der Waals surface area contributed by atoms with Crippen LogP contribution in [-0.4, -0.2) is 24.6 Å². The molecule has 0 bridgehead atoms. The fourth-order valence-electron chi connectivity index (χ4n) is 2.12. The van der Waals surface area contributed by atoms with E-state index in [1.807, 2.05) is 0 Å². The fourth-order valence-corrected chi connectivity index (χ4v) is 3.22. The normalized spacial score (nSPS) is 17.2. The largest absolute Gasteiger partial charge is 0.370 e. The van der Waals surface area contributed by atoms with Crippen LogP contribution in [0.2, 0.25) is 0 Å². The van der Waals surface area contributed by atoms with E-state index in [0.29, 0.717) is 5.88 Å². The average Bonchev–Trinajstić information content (AvgIpc) is 2.57. The van der Waals surface area contributed by atoms with E-state index in [4.69, 9.17) is 11.6 Å². The van der Waals surface area contributed by atoms with E-state index in [2.05, 4.69) is 41.8 Å². The first-order valence-corrected chi connectivity index (χ1v) is 7.48. The van der Waals surface area contributed by atoms with Gasteiger partial charge in [0.2, 0.25) is 0 Å². The van der Waals surface area contributed by atoms with E-state index in [0.717, 1.165) is 6.54 Å². The van der Waals surface area contributed by atoms with Crippen LogP contribution in [0.5, 0.6) is 0 Å². The summed E-state index contributed by atoms with van der Waals surface area (Å²) in [5.74, 6) is 3.13. The third-order valence-electron chi connectivity index (χ3n) is 2.94. The summed E-state index contributed by atoms with van der Waals surface area (Å²) < 4.78 is 0. The Hall–Kier alpha value is -0.340. The number of hydrogen-bond donors (Lipinski definition) is 0. The number of halogens is 1. The zero-order chi connectivity index (χ0) is 11.4. The molecule has 1 heterocycles. The smallest absolute Gasteiger partial charge is 0.0494 e. The summed E-state index contributed by atoms with van der Waals surface area (Å²) in [4.78, 5) is 2.48. The summed E-state index contributed by atoms with van der Waals surface area (Å²) >= 11 is 8.09. The molecule has 0 spiro atoms. The maximum absolute atomic E-state index is 6.03. The third-order valence-corrected chi connectivity index (χ3v) is 4.28. The second-order valence-electron chi connectivity index (χ2n) is 4.22. The highest BCUT2D eigenvalue weighted by molar-refractivity contribution is 7.99. The van der Waals surface area contributed by atoms with Crippen molar-refractivity contribution in [3.63, 3.8) is 0 Å². The molecule has 0 saturated carbocycles. The Balaban J connectivity index is 2.23. The van der Waals surface area contributed by atoms with Crippen molar-refractivity contribution in [3.8, 4) is 0 Å². The number of rotatable bonds is 2. The first-order chi connectivity index (χ1) is 7.81. The van der Waals surface area contributed by atoms with Crippen LogP contribution in [0.25, 0.3) is 0 Å². The quantitative estimate of drug-likeness (QED) is 0.742. The number of benzene rings is 1. The first kappa shape index (κ1) is 12.1. The van der Waals surface area contributed by atoms with E-state index in [-0.39, 0.29) is 0 Å². The highest BCUT2D eigenvalue weighted by Gasteiger charge is 2.13. The van der Waals surface area contributed by atoms with Gasteiger partial charge in [-0.3, -0.25) is 0 Å². The van der Waals surface area contributed by atoms with Crippen LogP contribution in [0.4, 0.5) is 5.69 Å². The standard InChI is InChI=1S/C13H18ClNS/c1-11-3-4-13(12(9-11)10-14)15-5-2-7-16-8-6-15/h3-4,9H,2,5-8,10H2,1H3. The third kappa shape index (κ3) is 2.86. The highest BCUT2D eigenvalue weighted by Crippen LogP contribution is 2.25. The molecule has 1 aliphatic rings. The van der Waals surface area contributed by atoms with Gasteiger partial charge in [-0.1, -0.05) is 17.7 Å². The van der Waals surface area contributed by atoms with Gasteiger partial charge in [-0.2, -0.15) is 11.8 Å². The maximum atomic E-state index is 6.03. The lowest BCUT2D eigenvalue weighted by atomic mass is 10.1. The van der Waals surface area contributed by atoms with Crippen LogP contribution in [0, 0.1) is 6.92 Å². The topological polar surface area (TPSA) is 3.24 Å². The van der Waals surface area contributed by atoms with Crippen molar-refractivity contribution in [2.75, 3.05) is 29.5 Å². The molecule has 16 heavy (non-hydrogen) atoms. The molecule has 0 unspecified atom stereocenters. The Morgan fingerprint density at radius 2 is 2.19 bits per heavy atom. The molecule has 1 fully saturated rings. The minimum absolute atomic E-state index is 0.612. The van der Waals surface area contributed by atoms with Crippen LogP contribution >= 0.6 is 23.4 Å². The molecule has 0 N–H and O–H groups in total. The lowest BCUT2D eigenvalue weighted by Crippen LogP contribution is -2.26. The predicted molar refractivity (Wildman–Crippen MR) is 74.9 cm³/mol. The molecular formula is C13H18ClNS. The van der Waals surface area contributed by atoms with Crippen molar-refractivity contribution in [2.24, 2.45) is 0 Å². The molecule has 1 aromatic rings. The van der Waals surface area contributed by atoms with Gasteiger partial charge in [-0.15, -0.1) is 11.6 Å². The van der Waals surface area contributed by atoms with Crippen molar-refractivity contribution in [3.05, 3.63) is 29.3 Å². The van der Waals surface area contributed by atoms with Crippen LogP contribution in [0.3, 0.4) is 0 Å². The molecule has 0 aromatic heterocycles. The number of anilines is 1. The molecule has 1 saturated heterocycles. The lowest BCUT2D eigenvalue weighted by Gasteiger charge is -2.25. The number of hydrogen-bond acceptors (Lipinski definition) is 2. The van der Waals surface area contributed by atoms with E-state index in [1.54, 1.807) is 0 Å². The fraction of sp³-hybridized carbons (Fsp3) is 0.538. The molecule has 2 rings (SSSR count). The molecule has 0 aliphatic carbocycles. The summed E-state index contributed by atoms with van der Waals surface area (Å²) in [6.45, 7) is 4.44. The Morgan fingerprint density at radius 3 is 3.00 bits per heavy atom. The molecule has 1 nitrogen and oxygen atoms in total. The van der Waals surface area contributed by atoms with Gasteiger partial charge in [0, 0.05) is 30.4 Å². The van der Waals surface area contributed by atoms with E-state index < -0.39 is 0 Å². The van der Waals surface area contributed by atoms with E-state index >= 15 is 0 Å². The molecular weight excluding hydrogens is 238 g/mol. The summed E-state index contributed by atoms with van der Waals surface area (Å²) in [6, 6.07) is 6.62. The number of nitrogens with zero attached hydrogens (tertiary/aromatic N) is 1. The summed E-state index contributed by atoms with van der Waals surface area (Å²) in [5, 5.41) is 0. The summed E-state index contributed by atoms with van der Waals surface area (Å²) in [7, 11) is 0. The predicted octanol–water partition coefficient (Wildman–Crippen LogP) is 3.68. The second-order valence-corrected chi connectivity index (χ2v) is 5.71. The Labute approximate surface area is 107 Å². The molecule has 1 aliphatic heterocycles. The van der Waals surface area contributed by atoms with Crippen molar-refractivity contribution in [1.82, 2.24) is 0 Å². The van der Waals surface area contributed by atoms with Gasteiger partial charge < -0.3 is 4.90 Å². The minimum atomic E-state index is 0.612. The van der Waals surface area contributed by atoms with E-state index in [9.17, 15) is 0 Å². The molecule has 1 aromatic carbocycles. The molecule has 88 valence electrons. The molecule has 0 amide bonds. The number of alkyl halides is 1. The van der Waals surface area contributed by atoms with Crippen LogP contribution in [0.1, 0.15) is 17.5 Å². The number of aryl methyl sites for hydroxylation is 1. The Kier molecular flexibility index (Phi) is 4.42. The average molecular weight is 256 g/mol. The second kappa shape index (κ2) is 5.83. The van der Waals surface area contributed by atoms with Gasteiger partial charge in [0.15, 0.2) is 0 Å². The van der Waals surface area contributed by atoms with Crippen molar-refractivity contribution in [2.45, 2.75) is 19.2 Å². The lowest BCUT2D eigenvalue weighted by molar-refractivity contribution is 0.812. The van der Waals surface area contributed by atoms with Crippen molar-refractivity contribution < 1.29 is 0 Å². The van der Waals surface area contributed by atoms with Crippen LogP contribution in [-0.2, 0) is 5.88 Å². The number of thioether (sulfide) groups is 1. The van der Waals surface area contributed by atoms with Gasteiger partial charge in [0.1, 0.15) is 0 Å². The molecule has 0 atom stereocenters. The van der Waals surface area contributed by atoms with Gasteiger partial charge in [-0.05, 0) is 30.7 Å². The monoisotopic (exact) mass is 255 g/mol. The van der Waals surface area contributed by atoms with Crippen molar-refractivity contribution in [1.29, 1.82) is 0 Å². The summed E-state index contributed by atoms with van der Waals surface area (Å²) in [5.41, 5.74) is 3.90. The van der Waals surface area contributed by atoms with Gasteiger partial charge in [0.25, 0.3) is 0 Å². The SMILES string of the molecule is Cc1ccc(N2CCCSCC2)c(CCl)c1. The van der Waals surface area contributed by atoms with Gasteiger partial charge >= 0.3 is 0 Å². The van der Waals surface area contributed by atoms with Crippen LogP contribution < -0.4 is 4.90 Å². The highest BCUT2D eigenvalue weighted by atomic mass is 35.5. The van der Waals surface area contributed by atoms with Crippen LogP contribution in [0.15, 0.2) is 18.2 Å². The van der Waals surface area contributed by atoms with E-state index in [1.165, 1.54) is 41.3 Å². The minimum Gasteiger partial charge on any atom is -0.370 e. The van der Waals surface area contributed by atoms with Gasteiger partial charge in [-0.25, -0.2) is 0 Å². The maximum Gasteiger partial charge on any atom is 0.0494 e. The molecule has 3 heteroatoms. The Morgan fingerprint density at radius 1 is 1.31 bits per heavy atom. The zero-order valence-electron chi connectivity index (χ0n) is 9.71.